The molecule has 0 aliphatic rings. The van der Waals surface area contributed by atoms with Gasteiger partial charge in [-0.15, -0.1) is 0 Å². The summed E-state index contributed by atoms with van der Waals surface area (Å²) >= 11 is 5.81. The van der Waals surface area contributed by atoms with Gasteiger partial charge in [0.1, 0.15) is 11.5 Å². The third-order valence-corrected chi connectivity index (χ3v) is 3.81. The molecule has 0 spiro atoms. The quantitative estimate of drug-likeness (QED) is 0.686. The van der Waals surface area contributed by atoms with Gasteiger partial charge >= 0.3 is 5.97 Å². The zero-order valence-electron chi connectivity index (χ0n) is 15.4. The highest BCUT2D eigenvalue weighted by atomic mass is 35.5. The second-order valence-corrected chi connectivity index (χ2v) is 6.18. The number of hydrogen-bond acceptors (Lipinski definition) is 5. The van der Waals surface area contributed by atoms with Gasteiger partial charge in [0.2, 0.25) is 0 Å². The first kappa shape index (κ1) is 20.6. The molecule has 1 amide bonds. The van der Waals surface area contributed by atoms with Gasteiger partial charge in [-0.1, -0.05) is 11.6 Å². The molecule has 0 saturated heterocycles. The molecular formula is C20H22ClNO5. The largest absolute Gasteiger partial charge is 0.494 e. The molecule has 0 saturated carbocycles. The molecule has 0 heterocycles. The average Bonchev–Trinajstić information content (AvgIpc) is 2.65. The Hall–Kier alpha value is -2.73. The van der Waals surface area contributed by atoms with Crippen LogP contribution in [0.1, 0.15) is 20.8 Å². The summed E-state index contributed by atoms with van der Waals surface area (Å²) in [7, 11) is 0. The fourth-order valence-corrected chi connectivity index (χ4v) is 2.26. The minimum Gasteiger partial charge on any atom is -0.494 e. The molecule has 0 aromatic heterocycles. The van der Waals surface area contributed by atoms with Crippen molar-refractivity contribution in [2.45, 2.75) is 33.0 Å². The van der Waals surface area contributed by atoms with Gasteiger partial charge in [0.25, 0.3) is 5.91 Å². The number of ether oxygens (including phenoxy) is 3. The van der Waals surface area contributed by atoms with Crippen LogP contribution in [0.3, 0.4) is 0 Å². The lowest BCUT2D eigenvalue weighted by molar-refractivity contribution is -0.159. The number of esters is 1. The Labute approximate surface area is 163 Å². The molecule has 1 N–H and O–H groups in total. The Bertz CT molecular complexity index is 761. The van der Waals surface area contributed by atoms with Gasteiger partial charge < -0.3 is 19.5 Å². The molecule has 27 heavy (non-hydrogen) atoms. The number of nitrogens with one attached hydrogen (secondary N) is 1. The summed E-state index contributed by atoms with van der Waals surface area (Å²) in [5.74, 6) is 0.115. The average molecular weight is 392 g/mol. The van der Waals surface area contributed by atoms with Crippen LogP contribution in [0.4, 0.5) is 5.69 Å². The Balaban J connectivity index is 1.85. The van der Waals surface area contributed by atoms with Crippen LogP contribution in [-0.4, -0.2) is 30.7 Å². The second kappa shape index (κ2) is 9.83. The topological polar surface area (TPSA) is 73.9 Å². The van der Waals surface area contributed by atoms with Crippen LogP contribution in [0.25, 0.3) is 0 Å². The van der Waals surface area contributed by atoms with Crippen LogP contribution in [-0.2, 0) is 14.3 Å². The van der Waals surface area contributed by atoms with Crippen LogP contribution < -0.4 is 14.8 Å². The summed E-state index contributed by atoms with van der Waals surface area (Å²) in [4.78, 5) is 24.3. The monoisotopic (exact) mass is 391 g/mol. The molecule has 0 aliphatic heterocycles. The number of halogens is 1. The standard InChI is InChI=1S/C20H22ClNO5/c1-4-25-17-11-7-16(8-12-17)22-19(23)13(2)27-20(24)14(3)26-18-9-5-15(21)6-10-18/h5-14H,4H2,1-3H3,(H,22,23). The molecule has 2 aromatic carbocycles. The molecule has 144 valence electrons. The van der Waals surface area contributed by atoms with E-state index < -0.39 is 24.1 Å². The van der Waals surface area contributed by atoms with Crippen LogP contribution in [0.2, 0.25) is 5.02 Å². The number of amides is 1. The van der Waals surface area contributed by atoms with Crippen molar-refractivity contribution in [3.63, 3.8) is 0 Å². The lowest BCUT2D eigenvalue weighted by Gasteiger charge is -2.18. The van der Waals surface area contributed by atoms with E-state index in [-0.39, 0.29) is 0 Å². The van der Waals surface area contributed by atoms with Gasteiger partial charge in [0.05, 0.1) is 6.61 Å². The molecule has 2 unspecified atom stereocenters. The maximum absolute atomic E-state index is 12.2. The summed E-state index contributed by atoms with van der Waals surface area (Å²) in [6, 6.07) is 13.5. The maximum atomic E-state index is 12.2. The van der Waals surface area contributed by atoms with E-state index in [4.69, 9.17) is 25.8 Å². The first-order valence-corrected chi connectivity index (χ1v) is 8.93. The van der Waals surface area contributed by atoms with Gasteiger partial charge in [-0.3, -0.25) is 4.79 Å². The van der Waals surface area contributed by atoms with Crippen LogP contribution in [0.5, 0.6) is 11.5 Å². The molecule has 0 aliphatic carbocycles. The summed E-state index contributed by atoms with van der Waals surface area (Å²) in [6.07, 6.45) is -1.84. The van der Waals surface area contributed by atoms with Crippen LogP contribution in [0.15, 0.2) is 48.5 Å². The highest BCUT2D eigenvalue weighted by molar-refractivity contribution is 6.30. The summed E-state index contributed by atoms with van der Waals surface area (Å²) in [5.41, 5.74) is 0.580. The smallest absolute Gasteiger partial charge is 0.347 e. The van der Waals surface area contributed by atoms with Gasteiger partial charge in [-0.05, 0) is 69.3 Å². The van der Waals surface area contributed by atoms with E-state index in [0.717, 1.165) is 0 Å². The summed E-state index contributed by atoms with van der Waals surface area (Å²) < 4.78 is 16.0. The Morgan fingerprint density at radius 1 is 0.963 bits per heavy atom. The molecule has 7 heteroatoms. The fraction of sp³-hybridized carbons (Fsp3) is 0.300. The van der Waals surface area contributed by atoms with E-state index in [2.05, 4.69) is 5.32 Å². The van der Waals surface area contributed by atoms with E-state index in [1.807, 2.05) is 6.92 Å². The Morgan fingerprint density at radius 2 is 1.56 bits per heavy atom. The first-order chi connectivity index (χ1) is 12.9. The predicted molar refractivity (Wildman–Crippen MR) is 103 cm³/mol. The zero-order valence-corrected chi connectivity index (χ0v) is 16.2. The van der Waals surface area contributed by atoms with Crippen molar-refractivity contribution in [1.82, 2.24) is 0 Å². The van der Waals surface area contributed by atoms with Crippen molar-refractivity contribution in [3.05, 3.63) is 53.6 Å². The Kier molecular flexibility index (Phi) is 7.49. The fourth-order valence-electron chi connectivity index (χ4n) is 2.13. The lowest BCUT2D eigenvalue weighted by atomic mass is 10.2. The van der Waals surface area contributed by atoms with E-state index in [1.165, 1.54) is 6.92 Å². The number of carbonyl (C=O) groups excluding carboxylic acids is 2. The number of rotatable bonds is 8. The SMILES string of the molecule is CCOc1ccc(NC(=O)C(C)OC(=O)C(C)Oc2ccc(Cl)cc2)cc1. The molecule has 0 fully saturated rings. The van der Waals surface area contributed by atoms with Crippen LogP contribution in [0, 0.1) is 0 Å². The second-order valence-electron chi connectivity index (χ2n) is 5.74. The van der Waals surface area contributed by atoms with Crippen molar-refractivity contribution in [3.8, 4) is 11.5 Å². The van der Waals surface area contributed by atoms with Crippen molar-refractivity contribution in [2.75, 3.05) is 11.9 Å². The van der Waals surface area contributed by atoms with Gasteiger partial charge in [0.15, 0.2) is 12.2 Å². The van der Waals surface area contributed by atoms with E-state index in [0.29, 0.717) is 28.8 Å². The minimum atomic E-state index is -0.972. The van der Waals surface area contributed by atoms with E-state index >= 15 is 0 Å². The number of carbonyl (C=O) groups is 2. The van der Waals surface area contributed by atoms with E-state index in [9.17, 15) is 9.59 Å². The third-order valence-electron chi connectivity index (χ3n) is 3.55. The van der Waals surface area contributed by atoms with Crippen LogP contribution >= 0.6 is 11.6 Å². The highest BCUT2D eigenvalue weighted by Crippen LogP contribution is 2.18. The third kappa shape index (κ3) is 6.49. The number of benzene rings is 2. The van der Waals surface area contributed by atoms with Crippen molar-refractivity contribution >= 4 is 29.2 Å². The molecule has 2 rings (SSSR count). The minimum absolute atomic E-state index is 0.439. The van der Waals surface area contributed by atoms with Crippen molar-refractivity contribution < 1.29 is 23.8 Å². The summed E-state index contributed by atoms with van der Waals surface area (Å²) in [6.45, 7) is 5.50. The lowest BCUT2D eigenvalue weighted by Crippen LogP contribution is -2.35. The number of hydrogen-bond donors (Lipinski definition) is 1. The molecule has 2 atom stereocenters. The van der Waals surface area contributed by atoms with E-state index in [1.54, 1.807) is 55.5 Å². The van der Waals surface area contributed by atoms with Gasteiger partial charge in [-0.25, -0.2) is 4.79 Å². The first-order valence-electron chi connectivity index (χ1n) is 8.55. The molecule has 6 nitrogen and oxygen atoms in total. The van der Waals surface area contributed by atoms with Crippen molar-refractivity contribution in [2.24, 2.45) is 0 Å². The summed E-state index contributed by atoms with van der Waals surface area (Å²) in [5, 5.41) is 3.25. The predicted octanol–water partition coefficient (Wildman–Crippen LogP) is 4.08. The Morgan fingerprint density at radius 3 is 2.15 bits per heavy atom. The highest BCUT2D eigenvalue weighted by Gasteiger charge is 2.23. The molecule has 2 aromatic rings. The molecule has 0 bridgehead atoms. The molecule has 0 radical (unpaired) electrons. The zero-order chi connectivity index (χ0) is 19.8. The maximum Gasteiger partial charge on any atom is 0.347 e. The van der Waals surface area contributed by atoms with Gasteiger partial charge in [0, 0.05) is 10.7 Å². The molecular weight excluding hydrogens is 370 g/mol. The van der Waals surface area contributed by atoms with Crippen molar-refractivity contribution in [1.29, 1.82) is 0 Å². The normalized spacial score (nSPS) is 12.6. The van der Waals surface area contributed by atoms with Gasteiger partial charge in [-0.2, -0.15) is 0 Å². The number of anilines is 1.